The maximum atomic E-state index is 10.9. The Labute approximate surface area is 119 Å². The third-order valence-corrected chi connectivity index (χ3v) is 2.99. The minimum absolute atomic E-state index is 0.0367. The van der Waals surface area contributed by atoms with Gasteiger partial charge in [-0.05, 0) is 32.0 Å². The summed E-state index contributed by atoms with van der Waals surface area (Å²) < 4.78 is 10.8. The first-order chi connectivity index (χ1) is 9.90. The van der Waals surface area contributed by atoms with Crippen LogP contribution in [-0.4, -0.2) is 16.0 Å². The molecule has 0 bridgehead atoms. The molecule has 2 aromatic rings. The molecule has 110 valence electrons. The summed E-state index contributed by atoms with van der Waals surface area (Å²) >= 11 is 0. The van der Waals surface area contributed by atoms with Gasteiger partial charge in [-0.3, -0.25) is 10.1 Å². The van der Waals surface area contributed by atoms with E-state index in [1.54, 1.807) is 19.9 Å². The maximum Gasteiger partial charge on any atom is 0.371 e. The third kappa shape index (κ3) is 3.02. The lowest BCUT2D eigenvalue weighted by molar-refractivity contribution is -0.385. The van der Waals surface area contributed by atoms with E-state index in [0.717, 1.165) is 0 Å². The number of rotatable bonds is 5. The normalized spacial score (nSPS) is 11.9. The molecule has 0 fully saturated rings. The van der Waals surface area contributed by atoms with Crippen molar-refractivity contribution >= 4 is 11.7 Å². The second-order valence-electron chi connectivity index (χ2n) is 4.42. The van der Waals surface area contributed by atoms with E-state index < -0.39 is 17.0 Å². The zero-order chi connectivity index (χ0) is 15.6. The Balaban J connectivity index is 2.23. The van der Waals surface area contributed by atoms with Crippen molar-refractivity contribution in [2.24, 2.45) is 0 Å². The van der Waals surface area contributed by atoms with Gasteiger partial charge in [0.25, 0.3) is 5.69 Å². The van der Waals surface area contributed by atoms with E-state index in [4.69, 9.17) is 14.3 Å². The van der Waals surface area contributed by atoms with Crippen LogP contribution in [-0.2, 0) is 0 Å². The first kappa shape index (κ1) is 14.6. The highest BCUT2D eigenvalue weighted by molar-refractivity contribution is 5.84. The standard InChI is InChI=1S/C14H13NO6/c1-8-10(15(18)19)4-3-5-11(8)20-9(2)12-6-7-13(21-12)14(16)17/h3-7,9H,1-2H3,(H,16,17). The van der Waals surface area contributed by atoms with Gasteiger partial charge < -0.3 is 14.3 Å². The van der Waals surface area contributed by atoms with E-state index in [1.807, 2.05) is 0 Å². The van der Waals surface area contributed by atoms with E-state index in [0.29, 0.717) is 17.1 Å². The van der Waals surface area contributed by atoms with Gasteiger partial charge >= 0.3 is 5.97 Å². The molecule has 0 aliphatic rings. The minimum atomic E-state index is -1.17. The number of hydrogen-bond acceptors (Lipinski definition) is 5. The van der Waals surface area contributed by atoms with Crippen LogP contribution in [0.4, 0.5) is 5.69 Å². The highest BCUT2D eigenvalue weighted by Crippen LogP contribution is 2.31. The smallest absolute Gasteiger partial charge is 0.371 e. The van der Waals surface area contributed by atoms with Crippen LogP contribution in [0.1, 0.15) is 34.9 Å². The van der Waals surface area contributed by atoms with E-state index in [-0.39, 0.29) is 11.4 Å². The molecule has 21 heavy (non-hydrogen) atoms. The van der Waals surface area contributed by atoms with Crippen molar-refractivity contribution < 1.29 is 24.0 Å². The Hall–Kier alpha value is -2.83. The number of carbonyl (C=O) groups is 1. The molecule has 0 aliphatic heterocycles. The first-order valence-electron chi connectivity index (χ1n) is 6.14. The average Bonchev–Trinajstić information content (AvgIpc) is 2.90. The van der Waals surface area contributed by atoms with Crippen LogP contribution in [0.15, 0.2) is 34.7 Å². The Morgan fingerprint density at radius 1 is 1.38 bits per heavy atom. The number of benzene rings is 1. The lowest BCUT2D eigenvalue weighted by Gasteiger charge is -2.14. The van der Waals surface area contributed by atoms with Gasteiger partial charge in [-0.1, -0.05) is 6.07 Å². The highest BCUT2D eigenvalue weighted by atomic mass is 16.6. The second kappa shape index (κ2) is 5.66. The molecule has 0 radical (unpaired) electrons. The number of ether oxygens (including phenoxy) is 1. The predicted molar refractivity (Wildman–Crippen MR) is 72.5 cm³/mol. The highest BCUT2D eigenvalue weighted by Gasteiger charge is 2.19. The van der Waals surface area contributed by atoms with E-state index in [2.05, 4.69) is 0 Å². The van der Waals surface area contributed by atoms with Gasteiger partial charge in [0, 0.05) is 6.07 Å². The fourth-order valence-electron chi connectivity index (χ4n) is 1.86. The summed E-state index contributed by atoms with van der Waals surface area (Å²) in [4.78, 5) is 21.1. The molecule has 0 amide bonds. The van der Waals surface area contributed by atoms with Gasteiger partial charge in [0.15, 0.2) is 6.10 Å². The lowest BCUT2D eigenvalue weighted by atomic mass is 10.2. The molecule has 0 spiro atoms. The second-order valence-corrected chi connectivity index (χ2v) is 4.42. The topological polar surface area (TPSA) is 103 Å². The van der Waals surface area contributed by atoms with Crippen LogP contribution in [0.3, 0.4) is 0 Å². The van der Waals surface area contributed by atoms with Gasteiger partial charge in [-0.15, -0.1) is 0 Å². The van der Waals surface area contributed by atoms with Crippen molar-refractivity contribution in [3.63, 3.8) is 0 Å². The Bertz CT molecular complexity index is 691. The number of hydrogen-bond donors (Lipinski definition) is 1. The van der Waals surface area contributed by atoms with Crippen LogP contribution in [0.25, 0.3) is 0 Å². The zero-order valence-electron chi connectivity index (χ0n) is 11.4. The molecule has 1 heterocycles. The van der Waals surface area contributed by atoms with Crippen molar-refractivity contribution in [3.05, 3.63) is 57.5 Å². The zero-order valence-corrected chi connectivity index (χ0v) is 11.4. The molecule has 2 rings (SSSR count). The molecule has 0 saturated heterocycles. The number of nitrogens with zero attached hydrogens (tertiary/aromatic N) is 1. The summed E-state index contributed by atoms with van der Waals surface area (Å²) in [6, 6.07) is 7.36. The summed E-state index contributed by atoms with van der Waals surface area (Å²) in [5, 5.41) is 19.7. The first-order valence-corrected chi connectivity index (χ1v) is 6.14. The van der Waals surface area contributed by atoms with Crippen LogP contribution in [0.2, 0.25) is 0 Å². The monoisotopic (exact) mass is 291 g/mol. The molecule has 1 unspecified atom stereocenters. The Morgan fingerprint density at radius 2 is 2.10 bits per heavy atom. The molecule has 0 aliphatic carbocycles. The van der Waals surface area contributed by atoms with Crippen LogP contribution in [0.5, 0.6) is 5.75 Å². The predicted octanol–water partition coefficient (Wildman–Crippen LogP) is 3.33. The van der Waals surface area contributed by atoms with E-state index in [9.17, 15) is 14.9 Å². The third-order valence-electron chi connectivity index (χ3n) is 2.99. The molecule has 7 nitrogen and oxygen atoms in total. The number of nitro groups is 1. The Morgan fingerprint density at radius 3 is 2.67 bits per heavy atom. The molecule has 1 aromatic carbocycles. The fraction of sp³-hybridized carbons (Fsp3) is 0.214. The molecule has 1 N–H and O–H groups in total. The average molecular weight is 291 g/mol. The van der Waals surface area contributed by atoms with Crippen molar-refractivity contribution in [2.75, 3.05) is 0 Å². The summed E-state index contributed by atoms with van der Waals surface area (Å²) in [6.45, 7) is 3.26. The summed E-state index contributed by atoms with van der Waals surface area (Å²) in [6.07, 6.45) is -0.571. The molecular formula is C14H13NO6. The van der Waals surface area contributed by atoms with E-state index >= 15 is 0 Å². The van der Waals surface area contributed by atoms with Crippen LogP contribution < -0.4 is 4.74 Å². The SMILES string of the molecule is Cc1c(OC(C)c2ccc(C(=O)O)o2)cccc1[N+](=O)[O-]. The van der Waals surface area contributed by atoms with Crippen molar-refractivity contribution in [2.45, 2.75) is 20.0 Å². The summed E-state index contributed by atoms with van der Waals surface area (Å²) in [5.41, 5.74) is 0.365. The fourth-order valence-corrected chi connectivity index (χ4v) is 1.86. The Kier molecular flexibility index (Phi) is 3.93. The minimum Gasteiger partial charge on any atom is -0.482 e. The van der Waals surface area contributed by atoms with Gasteiger partial charge in [0.05, 0.1) is 10.5 Å². The number of aromatic carboxylic acids is 1. The van der Waals surface area contributed by atoms with Gasteiger partial charge in [0.2, 0.25) is 5.76 Å². The number of carboxylic acid groups (broad SMARTS) is 1. The summed E-state index contributed by atoms with van der Waals surface area (Å²) in [7, 11) is 0. The quantitative estimate of drug-likeness (QED) is 0.669. The molecule has 1 aromatic heterocycles. The van der Waals surface area contributed by atoms with Gasteiger partial charge in [-0.2, -0.15) is 0 Å². The van der Waals surface area contributed by atoms with Gasteiger partial charge in [-0.25, -0.2) is 4.79 Å². The van der Waals surface area contributed by atoms with Crippen molar-refractivity contribution in [1.82, 2.24) is 0 Å². The number of nitro benzene ring substituents is 1. The number of carboxylic acids is 1. The lowest BCUT2D eigenvalue weighted by Crippen LogP contribution is -2.04. The van der Waals surface area contributed by atoms with E-state index in [1.165, 1.54) is 24.3 Å². The van der Waals surface area contributed by atoms with Gasteiger partial charge in [0.1, 0.15) is 11.5 Å². The molecular weight excluding hydrogens is 278 g/mol. The van der Waals surface area contributed by atoms with Crippen molar-refractivity contribution in [1.29, 1.82) is 0 Å². The summed E-state index contributed by atoms with van der Waals surface area (Å²) in [5.74, 6) is -0.667. The molecule has 0 saturated carbocycles. The van der Waals surface area contributed by atoms with Crippen molar-refractivity contribution in [3.8, 4) is 5.75 Å². The molecule has 1 atom stereocenters. The maximum absolute atomic E-state index is 10.9. The van der Waals surface area contributed by atoms with Crippen LogP contribution >= 0.6 is 0 Å². The largest absolute Gasteiger partial charge is 0.482 e. The van der Waals surface area contributed by atoms with Crippen LogP contribution in [0, 0.1) is 17.0 Å². The number of furan rings is 1. The molecule has 7 heteroatoms.